The lowest BCUT2D eigenvalue weighted by atomic mass is 9.99. The predicted molar refractivity (Wildman–Crippen MR) is 114 cm³/mol. The average molecular weight is 455 g/mol. The number of furan rings is 1. The quantitative estimate of drug-likeness (QED) is 0.346. The molecule has 7 nitrogen and oxygen atoms in total. The molecule has 2 heterocycles. The number of nitrogens with zero attached hydrogens (tertiary/aromatic N) is 1. The minimum Gasteiger partial charge on any atom is -0.507 e. The predicted octanol–water partition coefficient (Wildman–Crippen LogP) is 4.51. The zero-order valence-electron chi connectivity index (χ0n) is 17.9. The summed E-state index contributed by atoms with van der Waals surface area (Å²) in [5.74, 6) is -3.28. The van der Waals surface area contributed by atoms with E-state index in [4.69, 9.17) is 13.9 Å². The van der Waals surface area contributed by atoms with Crippen molar-refractivity contribution in [3.8, 4) is 11.5 Å². The van der Waals surface area contributed by atoms with E-state index in [0.717, 1.165) is 17.0 Å². The van der Waals surface area contributed by atoms with Gasteiger partial charge in [0.05, 0.1) is 25.5 Å². The number of hydrogen-bond donors (Lipinski definition) is 1. The maximum absolute atomic E-state index is 14.6. The van der Waals surface area contributed by atoms with Crippen molar-refractivity contribution in [1.82, 2.24) is 0 Å². The Morgan fingerprint density at radius 3 is 2.33 bits per heavy atom. The van der Waals surface area contributed by atoms with Crippen LogP contribution in [0.15, 0.2) is 58.5 Å². The first kappa shape index (κ1) is 22.1. The van der Waals surface area contributed by atoms with E-state index in [0.29, 0.717) is 17.6 Å². The molecule has 0 radical (unpaired) electrons. The van der Waals surface area contributed by atoms with Gasteiger partial charge < -0.3 is 19.0 Å². The normalized spacial score (nSPS) is 17.5. The number of hydrogen-bond acceptors (Lipinski definition) is 6. The molecule has 9 heteroatoms. The lowest BCUT2D eigenvalue weighted by molar-refractivity contribution is -0.132. The summed E-state index contributed by atoms with van der Waals surface area (Å²) in [6.07, 6.45) is 0. The number of carbonyl (C=O) groups is 2. The summed E-state index contributed by atoms with van der Waals surface area (Å²) in [6.45, 7) is 1.66. The summed E-state index contributed by atoms with van der Waals surface area (Å²) in [4.78, 5) is 26.9. The molecule has 0 saturated carbocycles. The molecule has 0 spiro atoms. The van der Waals surface area contributed by atoms with Crippen LogP contribution in [0.5, 0.6) is 11.5 Å². The van der Waals surface area contributed by atoms with Gasteiger partial charge >= 0.3 is 0 Å². The van der Waals surface area contributed by atoms with E-state index in [1.807, 2.05) is 0 Å². The Labute approximate surface area is 187 Å². The molecule has 1 fully saturated rings. The summed E-state index contributed by atoms with van der Waals surface area (Å²) in [5.41, 5.74) is -0.479. The third-order valence-electron chi connectivity index (χ3n) is 5.30. The fourth-order valence-corrected chi connectivity index (χ4v) is 3.77. The molecule has 1 saturated heterocycles. The van der Waals surface area contributed by atoms with Gasteiger partial charge in [0.25, 0.3) is 11.7 Å². The number of halogens is 2. The highest BCUT2D eigenvalue weighted by atomic mass is 19.1. The summed E-state index contributed by atoms with van der Waals surface area (Å²) < 4.78 is 44.2. The standard InChI is InChI=1S/C24H19F2NO6/c1-12-4-8-18(33-12)21-20(22(28)13-5-9-17(31-2)19(10-13)32-3)23(29)24(30)27(21)16-7-6-14(25)11-15(16)26/h4-11,21,28H,1-3H3/b22-20-. The molecule has 1 aliphatic rings. The maximum Gasteiger partial charge on any atom is 0.300 e. The number of carbonyl (C=O) groups excluding carboxylic acids is 2. The third-order valence-corrected chi connectivity index (χ3v) is 5.30. The average Bonchev–Trinajstić information content (AvgIpc) is 3.34. The molecule has 0 aliphatic carbocycles. The Kier molecular flexibility index (Phi) is 5.63. The van der Waals surface area contributed by atoms with Crippen LogP contribution in [0.1, 0.15) is 23.1 Å². The Morgan fingerprint density at radius 1 is 1.00 bits per heavy atom. The van der Waals surface area contributed by atoms with E-state index < -0.39 is 35.1 Å². The number of rotatable bonds is 5. The minimum absolute atomic E-state index is 0.123. The van der Waals surface area contributed by atoms with Gasteiger partial charge in [0.1, 0.15) is 35.0 Å². The lowest BCUT2D eigenvalue weighted by Gasteiger charge is -2.23. The number of aliphatic hydroxyl groups is 1. The van der Waals surface area contributed by atoms with E-state index in [-0.39, 0.29) is 28.3 Å². The first-order valence-electron chi connectivity index (χ1n) is 9.81. The zero-order chi connectivity index (χ0) is 23.9. The summed E-state index contributed by atoms with van der Waals surface area (Å²) in [7, 11) is 2.85. The van der Waals surface area contributed by atoms with Gasteiger partial charge in [0.2, 0.25) is 0 Å². The third kappa shape index (κ3) is 3.71. The molecule has 1 amide bonds. The molecule has 0 bridgehead atoms. The van der Waals surface area contributed by atoms with Crippen molar-refractivity contribution >= 4 is 23.1 Å². The molecule has 1 N–H and O–H groups in total. The van der Waals surface area contributed by atoms with Crippen LogP contribution in [-0.2, 0) is 9.59 Å². The first-order valence-corrected chi connectivity index (χ1v) is 9.81. The van der Waals surface area contributed by atoms with Crippen LogP contribution < -0.4 is 14.4 Å². The summed E-state index contributed by atoms with van der Waals surface area (Å²) in [5, 5.41) is 11.1. The summed E-state index contributed by atoms with van der Waals surface area (Å²) >= 11 is 0. The smallest absolute Gasteiger partial charge is 0.300 e. The van der Waals surface area contributed by atoms with E-state index in [9.17, 15) is 23.5 Å². The molecule has 33 heavy (non-hydrogen) atoms. The number of ketones is 1. The van der Waals surface area contributed by atoms with Crippen LogP contribution in [0.2, 0.25) is 0 Å². The highest BCUT2D eigenvalue weighted by Crippen LogP contribution is 2.44. The molecule has 4 rings (SSSR count). The minimum atomic E-state index is -1.29. The molecular weight excluding hydrogens is 436 g/mol. The van der Waals surface area contributed by atoms with Crippen molar-refractivity contribution in [2.45, 2.75) is 13.0 Å². The van der Waals surface area contributed by atoms with E-state index in [1.54, 1.807) is 13.0 Å². The van der Waals surface area contributed by atoms with Crippen LogP contribution in [0, 0.1) is 18.6 Å². The summed E-state index contributed by atoms with van der Waals surface area (Å²) in [6, 6.07) is 8.90. The zero-order valence-corrected chi connectivity index (χ0v) is 17.9. The number of amides is 1. The number of benzene rings is 2. The van der Waals surface area contributed by atoms with Gasteiger partial charge in [-0.05, 0) is 49.4 Å². The van der Waals surface area contributed by atoms with Crippen LogP contribution in [-0.4, -0.2) is 31.0 Å². The second-order valence-electron chi connectivity index (χ2n) is 7.28. The van der Waals surface area contributed by atoms with Crippen molar-refractivity contribution in [2.24, 2.45) is 0 Å². The largest absolute Gasteiger partial charge is 0.507 e. The topological polar surface area (TPSA) is 89.2 Å². The highest BCUT2D eigenvalue weighted by molar-refractivity contribution is 6.51. The van der Waals surface area contributed by atoms with Gasteiger partial charge in [0.15, 0.2) is 11.5 Å². The number of anilines is 1. The van der Waals surface area contributed by atoms with Gasteiger partial charge in [-0.15, -0.1) is 0 Å². The molecule has 1 aromatic heterocycles. The Morgan fingerprint density at radius 2 is 1.73 bits per heavy atom. The van der Waals surface area contributed by atoms with Gasteiger partial charge in [-0.2, -0.15) is 0 Å². The number of aryl methyl sites for hydroxylation is 1. The second kappa shape index (κ2) is 8.42. The molecular formula is C24H19F2NO6. The molecule has 170 valence electrons. The number of aliphatic hydroxyl groups excluding tert-OH is 1. The van der Waals surface area contributed by atoms with E-state index in [1.165, 1.54) is 38.5 Å². The van der Waals surface area contributed by atoms with Crippen LogP contribution in [0.3, 0.4) is 0 Å². The number of methoxy groups -OCH3 is 2. The monoisotopic (exact) mass is 455 g/mol. The lowest BCUT2D eigenvalue weighted by Crippen LogP contribution is -2.30. The SMILES string of the molecule is COc1ccc(/C(O)=C2/C(=O)C(=O)N(c3ccc(F)cc3F)C2c2ccc(C)o2)cc1OC. The van der Waals surface area contributed by atoms with Gasteiger partial charge in [0, 0.05) is 11.6 Å². The molecule has 1 unspecified atom stereocenters. The van der Waals surface area contributed by atoms with E-state index >= 15 is 0 Å². The molecule has 3 aromatic rings. The van der Waals surface area contributed by atoms with Gasteiger partial charge in [-0.25, -0.2) is 8.78 Å². The van der Waals surface area contributed by atoms with Gasteiger partial charge in [-0.1, -0.05) is 0 Å². The Balaban J connectivity index is 1.95. The van der Waals surface area contributed by atoms with Crippen molar-refractivity contribution in [2.75, 3.05) is 19.1 Å². The van der Waals surface area contributed by atoms with Crippen molar-refractivity contribution in [3.63, 3.8) is 0 Å². The highest BCUT2D eigenvalue weighted by Gasteiger charge is 2.49. The molecule has 2 aromatic carbocycles. The second-order valence-corrected chi connectivity index (χ2v) is 7.28. The molecule has 1 aliphatic heterocycles. The van der Waals surface area contributed by atoms with Crippen molar-refractivity contribution in [3.05, 3.63) is 82.8 Å². The van der Waals surface area contributed by atoms with Crippen LogP contribution >= 0.6 is 0 Å². The molecule has 1 atom stereocenters. The maximum atomic E-state index is 14.6. The number of Topliss-reactive ketones (excluding diaryl/α,β-unsaturated/α-hetero) is 1. The van der Waals surface area contributed by atoms with Crippen LogP contribution in [0.25, 0.3) is 5.76 Å². The van der Waals surface area contributed by atoms with E-state index in [2.05, 4.69) is 0 Å². The Hall–Kier alpha value is -4.14. The number of ether oxygens (including phenoxy) is 2. The van der Waals surface area contributed by atoms with Crippen LogP contribution in [0.4, 0.5) is 14.5 Å². The first-order chi connectivity index (χ1) is 15.8. The fourth-order valence-electron chi connectivity index (χ4n) is 3.77. The fraction of sp³-hybridized carbons (Fsp3) is 0.167. The van der Waals surface area contributed by atoms with Crippen molar-refractivity contribution in [1.29, 1.82) is 0 Å². The van der Waals surface area contributed by atoms with Crippen molar-refractivity contribution < 1.29 is 37.4 Å². The van der Waals surface area contributed by atoms with Gasteiger partial charge in [-0.3, -0.25) is 14.5 Å². The Bertz CT molecular complexity index is 1300.